The molecule has 0 bridgehead atoms. The van der Waals surface area contributed by atoms with Crippen molar-refractivity contribution >= 4 is 0 Å². The quantitative estimate of drug-likeness (QED) is 0.537. The Hall–Kier alpha value is -0.560. The van der Waals surface area contributed by atoms with Gasteiger partial charge in [-0.1, -0.05) is 18.2 Å². The van der Waals surface area contributed by atoms with Gasteiger partial charge in [-0.25, -0.2) is 0 Å². The molecule has 1 nitrogen and oxygen atoms in total. The lowest BCUT2D eigenvalue weighted by atomic mass is 10.0. The Labute approximate surface area is 56.2 Å². The standard InChI is InChI=1S/C8H13N/c1-7(9)8-5-3-2-4-6-8/h3,5-7H,2,4,9H2,1H3/p+1. The van der Waals surface area contributed by atoms with Gasteiger partial charge in [0.2, 0.25) is 0 Å². The van der Waals surface area contributed by atoms with Gasteiger partial charge in [-0.2, -0.15) is 0 Å². The van der Waals surface area contributed by atoms with Gasteiger partial charge in [0, 0.05) is 5.57 Å². The molecule has 1 aliphatic carbocycles. The summed E-state index contributed by atoms with van der Waals surface area (Å²) in [7, 11) is 0. The minimum Gasteiger partial charge on any atom is -0.352 e. The van der Waals surface area contributed by atoms with Gasteiger partial charge in [-0.3, -0.25) is 0 Å². The van der Waals surface area contributed by atoms with Crippen LogP contribution in [0.3, 0.4) is 0 Å². The molecule has 1 atom stereocenters. The molecule has 0 spiro atoms. The number of quaternary nitrogens is 1. The second-order valence-electron chi connectivity index (χ2n) is 2.58. The lowest BCUT2D eigenvalue weighted by molar-refractivity contribution is -0.399. The van der Waals surface area contributed by atoms with Gasteiger partial charge in [-0.15, -0.1) is 0 Å². The Balaban J connectivity index is 2.58. The zero-order chi connectivity index (χ0) is 6.69. The molecule has 1 rings (SSSR count). The highest BCUT2D eigenvalue weighted by atomic mass is 14.6. The van der Waals surface area contributed by atoms with Gasteiger partial charge in [-0.05, 0) is 19.8 Å². The second-order valence-corrected chi connectivity index (χ2v) is 2.58. The number of rotatable bonds is 1. The van der Waals surface area contributed by atoms with Crippen molar-refractivity contribution in [2.75, 3.05) is 0 Å². The van der Waals surface area contributed by atoms with Crippen LogP contribution < -0.4 is 5.73 Å². The van der Waals surface area contributed by atoms with Crippen LogP contribution in [0, 0.1) is 0 Å². The fourth-order valence-corrected chi connectivity index (χ4v) is 0.999. The van der Waals surface area contributed by atoms with Gasteiger partial charge >= 0.3 is 0 Å². The molecule has 0 saturated heterocycles. The minimum absolute atomic E-state index is 0.460. The third-order valence-electron chi connectivity index (χ3n) is 1.59. The second kappa shape index (κ2) is 2.83. The first-order valence-electron chi connectivity index (χ1n) is 3.50. The maximum absolute atomic E-state index is 3.94. The van der Waals surface area contributed by atoms with E-state index >= 15 is 0 Å². The lowest BCUT2D eigenvalue weighted by Crippen LogP contribution is -2.59. The van der Waals surface area contributed by atoms with Crippen LogP contribution in [0.15, 0.2) is 23.8 Å². The summed E-state index contributed by atoms with van der Waals surface area (Å²) in [6, 6.07) is 0.460. The van der Waals surface area contributed by atoms with Gasteiger partial charge in [0.1, 0.15) is 6.04 Å². The van der Waals surface area contributed by atoms with Crippen LogP contribution in [0.1, 0.15) is 19.8 Å². The van der Waals surface area contributed by atoms with Crippen molar-refractivity contribution in [2.24, 2.45) is 0 Å². The van der Waals surface area contributed by atoms with Crippen LogP contribution in [-0.2, 0) is 0 Å². The highest BCUT2D eigenvalue weighted by Crippen LogP contribution is 2.10. The molecule has 1 unspecified atom stereocenters. The first kappa shape index (κ1) is 6.56. The zero-order valence-electron chi connectivity index (χ0n) is 5.93. The monoisotopic (exact) mass is 124 g/mol. The summed E-state index contributed by atoms with van der Waals surface area (Å²) >= 11 is 0. The van der Waals surface area contributed by atoms with Crippen molar-refractivity contribution in [1.82, 2.24) is 0 Å². The Bertz CT molecular complexity index is 143. The van der Waals surface area contributed by atoms with Crippen molar-refractivity contribution in [3.05, 3.63) is 23.8 Å². The predicted octanol–water partition coefficient (Wildman–Crippen LogP) is 0.893. The Morgan fingerprint density at radius 1 is 1.56 bits per heavy atom. The predicted molar refractivity (Wildman–Crippen MR) is 38.8 cm³/mol. The smallest absolute Gasteiger partial charge is 0.107 e. The fraction of sp³-hybridized carbons (Fsp3) is 0.500. The SMILES string of the molecule is CC([NH3+])C1=CCCC=C1. The topological polar surface area (TPSA) is 27.6 Å². The van der Waals surface area contributed by atoms with Crippen molar-refractivity contribution in [2.45, 2.75) is 25.8 Å². The average Bonchev–Trinajstić information content (AvgIpc) is 1.90. The lowest BCUT2D eigenvalue weighted by Gasteiger charge is -2.06. The van der Waals surface area contributed by atoms with Gasteiger partial charge in [0.15, 0.2) is 0 Å². The van der Waals surface area contributed by atoms with Crippen molar-refractivity contribution in [1.29, 1.82) is 0 Å². The summed E-state index contributed by atoms with van der Waals surface area (Å²) in [4.78, 5) is 0. The number of hydrogen-bond donors (Lipinski definition) is 1. The van der Waals surface area contributed by atoms with Crippen molar-refractivity contribution in [3.63, 3.8) is 0 Å². The van der Waals surface area contributed by atoms with Crippen LogP contribution in [0.5, 0.6) is 0 Å². The van der Waals surface area contributed by atoms with E-state index in [0.717, 1.165) is 0 Å². The molecular formula is C8H14N+. The highest BCUT2D eigenvalue weighted by molar-refractivity contribution is 5.24. The van der Waals surface area contributed by atoms with E-state index in [1.165, 1.54) is 18.4 Å². The van der Waals surface area contributed by atoms with E-state index in [2.05, 4.69) is 30.9 Å². The maximum atomic E-state index is 3.94. The highest BCUT2D eigenvalue weighted by Gasteiger charge is 2.03. The molecule has 0 aliphatic heterocycles. The van der Waals surface area contributed by atoms with Crippen LogP contribution in [0.2, 0.25) is 0 Å². The van der Waals surface area contributed by atoms with Gasteiger partial charge in [0.05, 0.1) is 0 Å². The Morgan fingerprint density at radius 3 is 2.67 bits per heavy atom. The van der Waals surface area contributed by atoms with Gasteiger partial charge < -0.3 is 5.73 Å². The summed E-state index contributed by atoms with van der Waals surface area (Å²) in [6.45, 7) is 2.13. The van der Waals surface area contributed by atoms with Crippen LogP contribution in [0.25, 0.3) is 0 Å². The average molecular weight is 124 g/mol. The molecule has 0 fully saturated rings. The number of hydrogen-bond acceptors (Lipinski definition) is 0. The minimum atomic E-state index is 0.460. The molecule has 0 saturated carbocycles. The molecule has 0 radical (unpaired) electrons. The van der Waals surface area contributed by atoms with Crippen molar-refractivity contribution in [3.8, 4) is 0 Å². The van der Waals surface area contributed by atoms with E-state index in [-0.39, 0.29) is 0 Å². The fourth-order valence-electron chi connectivity index (χ4n) is 0.999. The van der Waals surface area contributed by atoms with E-state index in [9.17, 15) is 0 Å². The third kappa shape index (κ3) is 1.68. The largest absolute Gasteiger partial charge is 0.352 e. The molecule has 3 N–H and O–H groups in total. The van der Waals surface area contributed by atoms with Crippen LogP contribution in [-0.4, -0.2) is 6.04 Å². The van der Waals surface area contributed by atoms with Gasteiger partial charge in [0.25, 0.3) is 0 Å². The Kier molecular flexibility index (Phi) is 2.06. The summed E-state index contributed by atoms with van der Waals surface area (Å²) in [5, 5.41) is 0. The first-order valence-corrected chi connectivity index (χ1v) is 3.50. The molecular weight excluding hydrogens is 110 g/mol. The van der Waals surface area contributed by atoms with E-state index in [0.29, 0.717) is 6.04 Å². The molecule has 1 aliphatic rings. The summed E-state index contributed by atoms with van der Waals surface area (Å²) in [5.74, 6) is 0. The molecule has 50 valence electrons. The zero-order valence-corrected chi connectivity index (χ0v) is 5.93. The van der Waals surface area contributed by atoms with E-state index in [4.69, 9.17) is 0 Å². The van der Waals surface area contributed by atoms with E-state index in [1.807, 2.05) is 0 Å². The van der Waals surface area contributed by atoms with E-state index in [1.54, 1.807) is 0 Å². The summed E-state index contributed by atoms with van der Waals surface area (Å²) in [5.41, 5.74) is 5.33. The van der Waals surface area contributed by atoms with E-state index < -0.39 is 0 Å². The van der Waals surface area contributed by atoms with Crippen LogP contribution in [0.4, 0.5) is 0 Å². The third-order valence-corrected chi connectivity index (χ3v) is 1.59. The Morgan fingerprint density at radius 2 is 2.33 bits per heavy atom. The molecule has 1 heteroatoms. The molecule has 0 aromatic heterocycles. The molecule has 0 aromatic carbocycles. The maximum Gasteiger partial charge on any atom is 0.107 e. The summed E-state index contributed by atoms with van der Waals surface area (Å²) < 4.78 is 0. The summed E-state index contributed by atoms with van der Waals surface area (Å²) in [6.07, 6.45) is 9.08. The number of allylic oxidation sites excluding steroid dienone is 2. The molecule has 0 heterocycles. The first-order chi connectivity index (χ1) is 4.30. The van der Waals surface area contributed by atoms with Crippen LogP contribution >= 0.6 is 0 Å². The normalized spacial score (nSPS) is 21.3. The molecule has 0 aromatic rings. The molecule has 9 heavy (non-hydrogen) atoms. The van der Waals surface area contributed by atoms with Crippen molar-refractivity contribution < 1.29 is 5.73 Å². The molecule has 0 amide bonds.